The Labute approximate surface area is 106 Å². The summed E-state index contributed by atoms with van der Waals surface area (Å²) in [5.41, 5.74) is 0.938. The fourth-order valence-corrected chi connectivity index (χ4v) is 1.13. The fourth-order valence-electron chi connectivity index (χ4n) is 1.13. The van der Waals surface area contributed by atoms with Crippen LogP contribution in [0, 0.1) is 38.6 Å². The molecule has 0 heterocycles. The Bertz CT molecular complexity index is 613. The number of anilines is 1. The number of methoxy groups -OCH3 is 1. The molecule has 0 aliphatic rings. The summed E-state index contributed by atoms with van der Waals surface area (Å²) >= 11 is 0. The number of rotatable bonds is 4. The van der Waals surface area contributed by atoms with Gasteiger partial charge in [-0.05, 0) is 0 Å². The molecule has 1 N–H and O–H groups in total. The molecular weight excluding hydrogens is 257 g/mol. The third-order valence-electron chi connectivity index (χ3n) is 1.97. The van der Waals surface area contributed by atoms with Gasteiger partial charge in [-0.1, -0.05) is 0 Å². The molecule has 0 aliphatic heterocycles. The largest absolute Gasteiger partial charge is 0.494 e. The zero-order valence-electron chi connectivity index (χ0n) is 9.55. The molecule has 9 heteroatoms. The first-order valence-electron chi connectivity index (χ1n) is 4.69. The highest BCUT2D eigenvalue weighted by Gasteiger charge is 2.18. The molecule has 0 saturated heterocycles. The topological polar surface area (TPSA) is 124 Å². The maximum Gasteiger partial charge on any atom is 0.308 e. The van der Waals surface area contributed by atoms with Crippen molar-refractivity contribution in [3.05, 3.63) is 28.1 Å². The van der Waals surface area contributed by atoms with Crippen molar-refractivity contribution < 1.29 is 14.1 Å². The van der Waals surface area contributed by atoms with Crippen molar-refractivity contribution in [2.75, 3.05) is 12.5 Å². The highest BCUT2D eigenvalue weighted by molar-refractivity contribution is 6.10. The smallest absolute Gasteiger partial charge is 0.308 e. The third kappa shape index (κ3) is 3.14. The van der Waals surface area contributed by atoms with Gasteiger partial charge in [0, 0.05) is 6.07 Å². The summed E-state index contributed by atoms with van der Waals surface area (Å²) in [6.45, 7) is 0. The van der Waals surface area contributed by atoms with Crippen molar-refractivity contribution >= 4 is 17.1 Å². The maximum absolute atomic E-state index is 13.4. The molecule has 8 nitrogen and oxygen atoms in total. The standard InChI is InChI=1S/C10H6FN5O3/c1-19-10-3-9(16(17)18)7(11)2-8(10)15-14-6(4-12)5-13/h2-3,15H,1H3. The monoisotopic (exact) mass is 263 g/mol. The second-order valence-corrected chi connectivity index (χ2v) is 3.06. The zero-order valence-corrected chi connectivity index (χ0v) is 9.55. The summed E-state index contributed by atoms with van der Waals surface area (Å²) in [5.74, 6) is -1.15. The van der Waals surface area contributed by atoms with Gasteiger partial charge in [0.25, 0.3) is 0 Å². The Hall–Kier alpha value is -3.20. The molecule has 1 aromatic carbocycles. The summed E-state index contributed by atoms with van der Waals surface area (Å²) in [5, 5.41) is 30.8. The van der Waals surface area contributed by atoms with Crippen molar-refractivity contribution in [1.29, 1.82) is 10.5 Å². The predicted octanol–water partition coefficient (Wildman–Crippen LogP) is 1.56. The van der Waals surface area contributed by atoms with Gasteiger partial charge < -0.3 is 4.74 Å². The first-order chi connectivity index (χ1) is 9.03. The van der Waals surface area contributed by atoms with Crippen molar-refractivity contribution in [3.63, 3.8) is 0 Å². The molecule has 0 aromatic heterocycles. The number of hydrazone groups is 1. The second kappa shape index (κ2) is 5.93. The molecule has 96 valence electrons. The van der Waals surface area contributed by atoms with Crippen LogP contribution < -0.4 is 10.2 Å². The quantitative estimate of drug-likeness (QED) is 0.499. The third-order valence-corrected chi connectivity index (χ3v) is 1.97. The number of halogens is 1. The first kappa shape index (κ1) is 13.9. The molecule has 0 amide bonds. The Morgan fingerprint density at radius 3 is 2.63 bits per heavy atom. The Morgan fingerprint density at radius 2 is 2.16 bits per heavy atom. The minimum Gasteiger partial charge on any atom is -0.494 e. The van der Waals surface area contributed by atoms with Gasteiger partial charge in [0.15, 0.2) is 5.75 Å². The molecule has 0 radical (unpaired) electrons. The number of benzene rings is 1. The fraction of sp³-hybridized carbons (Fsp3) is 0.100. The summed E-state index contributed by atoms with van der Waals surface area (Å²) < 4.78 is 18.2. The number of nitriles is 2. The number of hydrogen-bond acceptors (Lipinski definition) is 7. The van der Waals surface area contributed by atoms with Crippen molar-refractivity contribution in [2.24, 2.45) is 5.10 Å². The van der Waals surface area contributed by atoms with Crippen LogP contribution in [-0.4, -0.2) is 17.7 Å². The van der Waals surface area contributed by atoms with Gasteiger partial charge in [-0.3, -0.25) is 15.5 Å². The first-order valence-corrected chi connectivity index (χ1v) is 4.69. The number of nitrogens with one attached hydrogen (secondary N) is 1. The highest BCUT2D eigenvalue weighted by atomic mass is 19.1. The SMILES string of the molecule is COc1cc([N+](=O)[O-])c(F)cc1NN=C(C#N)C#N. The van der Waals surface area contributed by atoms with E-state index in [9.17, 15) is 14.5 Å². The van der Waals surface area contributed by atoms with Crippen LogP contribution in [0.25, 0.3) is 0 Å². The molecule has 19 heavy (non-hydrogen) atoms. The molecule has 0 bridgehead atoms. The molecule has 0 atom stereocenters. The van der Waals surface area contributed by atoms with Crippen LogP contribution in [0.4, 0.5) is 15.8 Å². The van der Waals surface area contributed by atoms with E-state index in [0.717, 1.165) is 12.1 Å². The molecule has 0 spiro atoms. The maximum atomic E-state index is 13.4. The predicted molar refractivity (Wildman–Crippen MR) is 61.9 cm³/mol. The molecule has 0 saturated carbocycles. The lowest BCUT2D eigenvalue weighted by Gasteiger charge is -2.07. The number of ether oxygens (including phenoxy) is 1. The highest BCUT2D eigenvalue weighted by Crippen LogP contribution is 2.31. The molecule has 1 aromatic rings. The Morgan fingerprint density at radius 1 is 1.53 bits per heavy atom. The van der Waals surface area contributed by atoms with Crippen molar-refractivity contribution in [2.45, 2.75) is 0 Å². The average molecular weight is 263 g/mol. The van der Waals surface area contributed by atoms with E-state index >= 15 is 0 Å². The number of nitrogens with zero attached hydrogens (tertiary/aromatic N) is 4. The van der Waals surface area contributed by atoms with Gasteiger partial charge in [0.05, 0.1) is 18.1 Å². The van der Waals surface area contributed by atoms with Crippen LogP contribution in [0.1, 0.15) is 0 Å². The molecule has 1 rings (SSSR count). The van der Waals surface area contributed by atoms with Crippen LogP contribution in [0.5, 0.6) is 5.75 Å². The second-order valence-electron chi connectivity index (χ2n) is 3.06. The van der Waals surface area contributed by atoms with E-state index in [1.807, 2.05) is 0 Å². The van der Waals surface area contributed by atoms with Gasteiger partial charge in [-0.15, -0.1) is 0 Å². The van der Waals surface area contributed by atoms with Gasteiger partial charge in [-0.25, -0.2) is 0 Å². The Kier molecular flexibility index (Phi) is 4.33. The van der Waals surface area contributed by atoms with Crippen LogP contribution in [0.3, 0.4) is 0 Å². The van der Waals surface area contributed by atoms with Crippen molar-refractivity contribution in [1.82, 2.24) is 0 Å². The summed E-state index contributed by atoms with van der Waals surface area (Å²) in [6, 6.07) is 4.63. The van der Waals surface area contributed by atoms with E-state index in [2.05, 4.69) is 10.5 Å². The number of nitro groups is 1. The molecular formula is C10H6FN5O3. The van der Waals surface area contributed by atoms with E-state index in [1.54, 1.807) is 0 Å². The van der Waals surface area contributed by atoms with E-state index in [4.69, 9.17) is 15.3 Å². The van der Waals surface area contributed by atoms with Crippen LogP contribution >= 0.6 is 0 Å². The summed E-state index contributed by atoms with van der Waals surface area (Å²) in [7, 11) is 1.22. The van der Waals surface area contributed by atoms with Crippen molar-refractivity contribution in [3.8, 4) is 17.9 Å². The van der Waals surface area contributed by atoms with Crippen LogP contribution in [0.2, 0.25) is 0 Å². The zero-order chi connectivity index (χ0) is 14.4. The van der Waals surface area contributed by atoms with Gasteiger partial charge in [0.1, 0.15) is 17.8 Å². The van der Waals surface area contributed by atoms with E-state index < -0.39 is 22.1 Å². The molecule has 0 aliphatic carbocycles. The van der Waals surface area contributed by atoms with Gasteiger partial charge >= 0.3 is 5.69 Å². The molecule has 0 fully saturated rings. The van der Waals surface area contributed by atoms with Crippen LogP contribution in [-0.2, 0) is 0 Å². The normalized spacial score (nSPS) is 8.84. The molecule has 0 unspecified atom stereocenters. The van der Waals surface area contributed by atoms with Gasteiger partial charge in [0.2, 0.25) is 11.5 Å². The Balaban J connectivity index is 3.20. The lowest BCUT2D eigenvalue weighted by molar-refractivity contribution is -0.387. The number of hydrogen-bond donors (Lipinski definition) is 1. The average Bonchev–Trinajstić information content (AvgIpc) is 2.39. The van der Waals surface area contributed by atoms with E-state index in [1.165, 1.54) is 19.2 Å². The van der Waals surface area contributed by atoms with E-state index in [-0.39, 0.29) is 11.4 Å². The van der Waals surface area contributed by atoms with E-state index in [0.29, 0.717) is 0 Å². The summed E-state index contributed by atoms with van der Waals surface area (Å²) in [6.07, 6.45) is 0. The number of nitro benzene ring substituents is 1. The minimum absolute atomic E-state index is 0.0476. The lowest BCUT2D eigenvalue weighted by atomic mass is 10.2. The minimum atomic E-state index is -1.10. The van der Waals surface area contributed by atoms with Crippen LogP contribution in [0.15, 0.2) is 17.2 Å². The lowest BCUT2D eigenvalue weighted by Crippen LogP contribution is -2.01. The summed E-state index contributed by atoms with van der Waals surface area (Å²) in [4.78, 5) is 9.63. The van der Waals surface area contributed by atoms with Gasteiger partial charge in [-0.2, -0.15) is 20.0 Å².